The summed E-state index contributed by atoms with van der Waals surface area (Å²) >= 11 is 0. The number of carbonyl (C=O) groups is 1. The Labute approximate surface area is 167 Å². The van der Waals surface area contributed by atoms with E-state index in [1.165, 1.54) is 6.92 Å². The zero-order valence-electron chi connectivity index (χ0n) is 16.8. The number of aryl methyl sites for hydroxylation is 1. The van der Waals surface area contributed by atoms with Gasteiger partial charge in [-0.3, -0.25) is 0 Å². The van der Waals surface area contributed by atoms with Crippen LogP contribution in [0.15, 0.2) is 48.5 Å². The molecule has 2 aromatic rings. The van der Waals surface area contributed by atoms with Crippen LogP contribution in [-0.4, -0.2) is 31.1 Å². The zero-order valence-corrected chi connectivity index (χ0v) is 17.6. The number of hydrogen-bond acceptors (Lipinski definition) is 4. The molecule has 2 aromatic carbocycles. The summed E-state index contributed by atoms with van der Waals surface area (Å²) in [5.41, 5.74) is 2.65. The van der Waals surface area contributed by atoms with Crippen LogP contribution in [-0.2, 0) is 16.7 Å². The zero-order chi connectivity index (χ0) is 20.7. The second kappa shape index (κ2) is 9.59. The van der Waals surface area contributed by atoms with E-state index in [1.807, 2.05) is 51.1 Å². The lowest BCUT2D eigenvalue weighted by Crippen LogP contribution is -2.40. The molecule has 1 atom stereocenters. The predicted molar refractivity (Wildman–Crippen MR) is 112 cm³/mol. The van der Waals surface area contributed by atoms with Crippen LogP contribution < -0.4 is 9.50 Å². The Kier molecular flexibility index (Phi) is 7.45. The number of benzene rings is 2. The van der Waals surface area contributed by atoms with Gasteiger partial charge in [0.1, 0.15) is 5.75 Å². The van der Waals surface area contributed by atoms with Crippen LogP contribution >= 0.6 is 0 Å². The number of rotatable bonds is 8. The smallest absolute Gasteiger partial charge is 0.322 e. The van der Waals surface area contributed by atoms with Crippen molar-refractivity contribution in [2.45, 2.75) is 46.7 Å². The first-order valence-electron chi connectivity index (χ1n) is 9.39. The SMILES string of the molecule is CCC(C)N(Cc1cccc(OS(=O)(=O)CC)c1)C(=O)Nc1ccc(C)cc1. The van der Waals surface area contributed by atoms with Gasteiger partial charge in [-0.2, -0.15) is 8.42 Å². The molecule has 0 fully saturated rings. The van der Waals surface area contributed by atoms with Crippen LogP contribution in [0.4, 0.5) is 10.5 Å². The number of carbonyl (C=O) groups excluding carboxylic acids is 1. The van der Waals surface area contributed by atoms with Crippen molar-refractivity contribution in [3.05, 3.63) is 59.7 Å². The van der Waals surface area contributed by atoms with Crippen LogP contribution in [0.1, 0.15) is 38.3 Å². The highest BCUT2D eigenvalue weighted by atomic mass is 32.2. The largest absolute Gasteiger partial charge is 0.382 e. The van der Waals surface area contributed by atoms with Crippen molar-refractivity contribution < 1.29 is 17.4 Å². The molecule has 0 heterocycles. The van der Waals surface area contributed by atoms with E-state index in [0.717, 1.165) is 23.2 Å². The molecule has 7 heteroatoms. The lowest BCUT2D eigenvalue weighted by molar-refractivity contribution is 0.187. The third-order valence-electron chi connectivity index (χ3n) is 4.51. The fraction of sp³-hybridized carbons (Fsp3) is 0.381. The summed E-state index contributed by atoms with van der Waals surface area (Å²) in [7, 11) is -3.59. The molecule has 6 nitrogen and oxygen atoms in total. The Hall–Kier alpha value is -2.54. The molecule has 28 heavy (non-hydrogen) atoms. The normalized spacial score (nSPS) is 12.3. The molecule has 0 aliphatic heterocycles. The number of nitrogens with one attached hydrogen (secondary N) is 1. The molecule has 0 spiro atoms. The molecule has 0 saturated carbocycles. The predicted octanol–water partition coefficient (Wildman–Crippen LogP) is 4.56. The number of hydrogen-bond donors (Lipinski definition) is 1. The highest BCUT2D eigenvalue weighted by molar-refractivity contribution is 7.87. The van der Waals surface area contributed by atoms with Gasteiger partial charge in [0.15, 0.2) is 0 Å². The maximum absolute atomic E-state index is 12.9. The third kappa shape index (κ3) is 6.27. The molecule has 0 aliphatic carbocycles. The van der Waals surface area contributed by atoms with Gasteiger partial charge >= 0.3 is 16.1 Å². The molecular weight excluding hydrogens is 376 g/mol. The lowest BCUT2D eigenvalue weighted by Gasteiger charge is -2.29. The van der Waals surface area contributed by atoms with E-state index in [1.54, 1.807) is 23.1 Å². The van der Waals surface area contributed by atoms with Crippen molar-refractivity contribution in [2.75, 3.05) is 11.1 Å². The minimum atomic E-state index is -3.59. The van der Waals surface area contributed by atoms with Crippen LogP contribution in [0.3, 0.4) is 0 Å². The Morgan fingerprint density at radius 1 is 1.14 bits per heavy atom. The molecule has 0 aromatic heterocycles. The van der Waals surface area contributed by atoms with Crippen molar-refractivity contribution in [2.24, 2.45) is 0 Å². The number of urea groups is 1. The van der Waals surface area contributed by atoms with E-state index in [-0.39, 0.29) is 23.6 Å². The van der Waals surface area contributed by atoms with Gasteiger partial charge in [0.05, 0.1) is 5.75 Å². The second-order valence-electron chi connectivity index (χ2n) is 6.76. The molecule has 0 bridgehead atoms. The van der Waals surface area contributed by atoms with Crippen LogP contribution in [0.25, 0.3) is 0 Å². The van der Waals surface area contributed by atoms with E-state index in [0.29, 0.717) is 6.54 Å². The quantitative estimate of drug-likeness (QED) is 0.655. The topological polar surface area (TPSA) is 75.7 Å². The summed E-state index contributed by atoms with van der Waals surface area (Å²) < 4.78 is 28.5. The Morgan fingerprint density at radius 2 is 1.82 bits per heavy atom. The van der Waals surface area contributed by atoms with Crippen molar-refractivity contribution in [3.8, 4) is 5.75 Å². The highest BCUT2D eigenvalue weighted by Crippen LogP contribution is 2.20. The molecule has 1 N–H and O–H groups in total. The number of amides is 2. The van der Waals surface area contributed by atoms with Crippen LogP contribution in [0, 0.1) is 6.92 Å². The van der Waals surface area contributed by atoms with E-state index < -0.39 is 10.1 Å². The first-order chi connectivity index (χ1) is 13.2. The standard InChI is InChI=1S/C21H28N2O4S/c1-5-17(4)23(21(24)22-19-12-10-16(3)11-13-19)15-18-8-7-9-20(14-18)27-28(25,26)6-2/h7-14,17H,5-6,15H2,1-4H3,(H,22,24). The average Bonchev–Trinajstić information content (AvgIpc) is 2.67. The van der Waals surface area contributed by atoms with Crippen molar-refractivity contribution in [1.82, 2.24) is 4.90 Å². The maximum Gasteiger partial charge on any atom is 0.322 e. The monoisotopic (exact) mass is 404 g/mol. The van der Waals surface area contributed by atoms with Gasteiger partial charge in [-0.25, -0.2) is 4.79 Å². The Balaban J connectivity index is 2.17. The number of nitrogens with zero attached hydrogens (tertiary/aromatic N) is 1. The molecule has 2 amide bonds. The summed E-state index contributed by atoms with van der Waals surface area (Å²) in [6, 6.07) is 14.2. The van der Waals surface area contributed by atoms with Crippen molar-refractivity contribution in [1.29, 1.82) is 0 Å². The third-order valence-corrected chi connectivity index (χ3v) is 5.67. The summed E-state index contributed by atoms with van der Waals surface area (Å²) in [5.74, 6) is 0.150. The summed E-state index contributed by atoms with van der Waals surface area (Å²) in [6.07, 6.45) is 0.793. The molecule has 0 saturated heterocycles. The molecular formula is C21H28N2O4S. The van der Waals surface area contributed by atoms with Gasteiger partial charge in [0, 0.05) is 18.3 Å². The van der Waals surface area contributed by atoms with E-state index in [4.69, 9.17) is 4.18 Å². The van der Waals surface area contributed by atoms with Gasteiger partial charge in [-0.05, 0) is 57.0 Å². The summed E-state index contributed by atoms with van der Waals surface area (Å²) in [6.45, 7) is 7.86. The van der Waals surface area contributed by atoms with Crippen LogP contribution in [0.5, 0.6) is 5.75 Å². The molecule has 1 unspecified atom stereocenters. The van der Waals surface area contributed by atoms with Crippen LogP contribution in [0.2, 0.25) is 0 Å². The van der Waals surface area contributed by atoms with E-state index in [2.05, 4.69) is 5.32 Å². The van der Waals surface area contributed by atoms with Gasteiger partial charge in [0.25, 0.3) is 0 Å². The van der Waals surface area contributed by atoms with Gasteiger partial charge in [0.2, 0.25) is 0 Å². The van der Waals surface area contributed by atoms with Gasteiger partial charge in [-0.1, -0.05) is 36.8 Å². The molecule has 152 valence electrons. The van der Waals surface area contributed by atoms with Crippen molar-refractivity contribution in [3.63, 3.8) is 0 Å². The van der Waals surface area contributed by atoms with E-state index >= 15 is 0 Å². The fourth-order valence-electron chi connectivity index (χ4n) is 2.58. The molecule has 0 aliphatic rings. The number of anilines is 1. The van der Waals surface area contributed by atoms with Crippen molar-refractivity contribution >= 4 is 21.8 Å². The maximum atomic E-state index is 12.9. The highest BCUT2D eigenvalue weighted by Gasteiger charge is 2.20. The first-order valence-corrected chi connectivity index (χ1v) is 11.0. The van der Waals surface area contributed by atoms with E-state index in [9.17, 15) is 13.2 Å². The van der Waals surface area contributed by atoms with Gasteiger partial charge < -0.3 is 14.4 Å². The fourth-order valence-corrected chi connectivity index (χ4v) is 3.09. The van der Waals surface area contributed by atoms with Gasteiger partial charge in [-0.15, -0.1) is 0 Å². The first kappa shape index (κ1) is 21.8. The molecule has 0 radical (unpaired) electrons. The summed E-state index contributed by atoms with van der Waals surface area (Å²) in [4.78, 5) is 14.6. The lowest BCUT2D eigenvalue weighted by atomic mass is 10.1. The summed E-state index contributed by atoms with van der Waals surface area (Å²) in [5, 5.41) is 2.93. The minimum Gasteiger partial charge on any atom is -0.382 e. The molecule has 2 rings (SSSR count). The second-order valence-corrected chi connectivity index (χ2v) is 8.62. The minimum absolute atomic E-state index is 0.00870. The Morgan fingerprint density at radius 3 is 2.43 bits per heavy atom. The Bertz CT molecular complexity index is 895. The average molecular weight is 405 g/mol.